The highest BCUT2D eigenvalue weighted by Crippen LogP contribution is 2.30. The van der Waals surface area contributed by atoms with Gasteiger partial charge in [-0.3, -0.25) is 14.5 Å². The molecule has 8 nitrogen and oxygen atoms in total. The van der Waals surface area contributed by atoms with Gasteiger partial charge in [0.1, 0.15) is 0 Å². The van der Waals surface area contributed by atoms with Gasteiger partial charge in [0, 0.05) is 56.6 Å². The van der Waals surface area contributed by atoms with Crippen molar-refractivity contribution in [2.75, 3.05) is 50.7 Å². The molecule has 29 heavy (non-hydrogen) atoms. The van der Waals surface area contributed by atoms with Crippen LogP contribution in [0, 0.1) is 0 Å². The number of anilines is 1. The average Bonchev–Trinajstić information content (AvgIpc) is 3.36. The Bertz CT molecular complexity index is 821. The number of likely N-dealkylation sites (tertiary alicyclic amines) is 1. The smallest absolute Gasteiger partial charge is 0.407 e. The SMILES string of the molecule is C[C@@H]1CN(CC(=O)N2CCc3ccc(C(=O)N4CCCC4)cc32)CCN1C(=O)O. The first-order chi connectivity index (χ1) is 13.9. The minimum atomic E-state index is -0.910. The molecule has 3 heterocycles. The molecule has 1 aromatic carbocycles. The van der Waals surface area contributed by atoms with E-state index in [-0.39, 0.29) is 24.4 Å². The third kappa shape index (κ3) is 3.94. The quantitative estimate of drug-likeness (QED) is 0.831. The monoisotopic (exact) mass is 400 g/mol. The second kappa shape index (κ2) is 8.02. The summed E-state index contributed by atoms with van der Waals surface area (Å²) in [4.78, 5) is 44.0. The number of benzene rings is 1. The largest absolute Gasteiger partial charge is 0.465 e. The van der Waals surface area contributed by atoms with Crippen molar-refractivity contribution in [2.45, 2.75) is 32.2 Å². The summed E-state index contributed by atoms with van der Waals surface area (Å²) < 4.78 is 0. The summed E-state index contributed by atoms with van der Waals surface area (Å²) in [5.74, 6) is 0.0497. The lowest BCUT2D eigenvalue weighted by atomic mass is 10.1. The van der Waals surface area contributed by atoms with Gasteiger partial charge in [0.15, 0.2) is 0 Å². The summed E-state index contributed by atoms with van der Waals surface area (Å²) >= 11 is 0. The highest BCUT2D eigenvalue weighted by Gasteiger charge is 2.31. The Hall–Kier alpha value is -2.61. The molecule has 4 rings (SSSR count). The fraction of sp³-hybridized carbons (Fsp3) is 0.571. The van der Waals surface area contributed by atoms with E-state index in [1.165, 1.54) is 4.90 Å². The van der Waals surface area contributed by atoms with Crippen molar-refractivity contribution in [3.05, 3.63) is 29.3 Å². The van der Waals surface area contributed by atoms with Crippen LogP contribution in [0.1, 0.15) is 35.7 Å². The van der Waals surface area contributed by atoms with E-state index in [9.17, 15) is 19.5 Å². The number of fused-ring (bicyclic) bond motifs is 1. The number of carbonyl (C=O) groups is 3. The molecule has 0 aromatic heterocycles. The zero-order valence-corrected chi connectivity index (χ0v) is 16.8. The predicted molar refractivity (Wildman–Crippen MR) is 108 cm³/mol. The van der Waals surface area contributed by atoms with Crippen LogP contribution >= 0.6 is 0 Å². The maximum atomic E-state index is 13.0. The molecule has 2 fully saturated rings. The summed E-state index contributed by atoms with van der Waals surface area (Å²) in [5, 5.41) is 9.21. The second-order valence-electron chi connectivity index (χ2n) is 8.20. The molecule has 0 saturated carbocycles. The van der Waals surface area contributed by atoms with Crippen LogP contribution in [-0.4, -0.2) is 89.6 Å². The van der Waals surface area contributed by atoms with Crippen molar-refractivity contribution in [2.24, 2.45) is 0 Å². The molecule has 1 aromatic rings. The Morgan fingerprint density at radius 2 is 1.83 bits per heavy atom. The van der Waals surface area contributed by atoms with Crippen LogP contribution in [0.25, 0.3) is 0 Å². The van der Waals surface area contributed by atoms with Crippen LogP contribution < -0.4 is 4.90 Å². The molecule has 1 atom stereocenters. The van der Waals surface area contributed by atoms with E-state index >= 15 is 0 Å². The molecule has 0 bridgehead atoms. The molecule has 1 N–H and O–H groups in total. The standard InChI is InChI=1S/C21H28N4O4/c1-15-13-22(10-11-24(15)21(28)29)14-19(26)25-9-6-16-4-5-17(12-18(16)25)20(27)23-7-2-3-8-23/h4-5,12,15H,2-3,6-11,13-14H2,1H3,(H,28,29)/t15-/m1/s1. The topological polar surface area (TPSA) is 84.4 Å². The van der Waals surface area contributed by atoms with Gasteiger partial charge in [-0.25, -0.2) is 4.79 Å². The average molecular weight is 400 g/mol. The maximum Gasteiger partial charge on any atom is 0.407 e. The molecule has 0 unspecified atom stereocenters. The van der Waals surface area contributed by atoms with Crippen LogP contribution in [0.2, 0.25) is 0 Å². The predicted octanol–water partition coefficient (Wildman–Crippen LogP) is 1.50. The number of hydrogen-bond donors (Lipinski definition) is 1. The summed E-state index contributed by atoms with van der Waals surface area (Å²) in [5.41, 5.74) is 2.59. The van der Waals surface area contributed by atoms with Crippen molar-refractivity contribution < 1.29 is 19.5 Å². The number of nitrogens with zero attached hydrogens (tertiary/aromatic N) is 4. The van der Waals surface area contributed by atoms with E-state index in [1.807, 2.05) is 34.9 Å². The van der Waals surface area contributed by atoms with E-state index in [1.54, 1.807) is 4.90 Å². The highest BCUT2D eigenvalue weighted by atomic mass is 16.4. The molecule has 3 amide bonds. The van der Waals surface area contributed by atoms with E-state index in [4.69, 9.17) is 0 Å². The van der Waals surface area contributed by atoms with E-state index < -0.39 is 6.09 Å². The summed E-state index contributed by atoms with van der Waals surface area (Å²) in [6.45, 7) is 5.88. The third-order valence-corrected chi connectivity index (χ3v) is 6.24. The van der Waals surface area contributed by atoms with Gasteiger partial charge in [-0.15, -0.1) is 0 Å². The number of piperazine rings is 1. The van der Waals surface area contributed by atoms with Crippen LogP contribution in [0.5, 0.6) is 0 Å². The molecule has 3 aliphatic heterocycles. The van der Waals surface area contributed by atoms with Crippen molar-refractivity contribution in [1.82, 2.24) is 14.7 Å². The van der Waals surface area contributed by atoms with Crippen molar-refractivity contribution in [1.29, 1.82) is 0 Å². The van der Waals surface area contributed by atoms with Gasteiger partial charge < -0.3 is 19.8 Å². The van der Waals surface area contributed by atoms with Crippen LogP contribution in [-0.2, 0) is 11.2 Å². The first-order valence-electron chi connectivity index (χ1n) is 10.4. The van der Waals surface area contributed by atoms with Gasteiger partial charge in [-0.1, -0.05) is 6.07 Å². The molecular weight excluding hydrogens is 372 g/mol. The maximum absolute atomic E-state index is 13.0. The van der Waals surface area contributed by atoms with Crippen LogP contribution in [0.15, 0.2) is 18.2 Å². The highest BCUT2D eigenvalue weighted by molar-refractivity contribution is 6.00. The number of carboxylic acid groups (broad SMARTS) is 1. The number of amides is 3. The lowest BCUT2D eigenvalue weighted by molar-refractivity contribution is -0.120. The van der Waals surface area contributed by atoms with Crippen molar-refractivity contribution in [3.8, 4) is 0 Å². The minimum Gasteiger partial charge on any atom is -0.465 e. The van der Waals surface area contributed by atoms with Crippen molar-refractivity contribution in [3.63, 3.8) is 0 Å². The summed E-state index contributed by atoms with van der Waals surface area (Å²) in [7, 11) is 0. The van der Waals surface area contributed by atoms with E-state index in [0.29, 0.717) is 31.7 Å². The van der Waals surface area contributed by atoms with Crippen LogP contribution in [0.3, 0.4) is 0 Å². The van der Waals surface area contributed by atoms with Gasteiger partial charge in [-0.2, -0.15) is 0 Å². The Morgan fingerprint density at radius 3 is 2.52 bits per heavy atom. The molecular formula is C21H28N4O4. The normalized spacial score (nSPS) is 22.1. The lowest BCUT2D eigenvalue weighted by Crippen LogP contribution is -2.55. The molecule has 2 saturated heterocycles. The van der Waals surface area contributed by atoms with Crippen LogP contribution in [0.4, 0.5) is 10.5 Å². The van der Waals surface area contributed by atoms with E-state index in [0.717, 1.165) is 43.6 Å². The fourth-order valence-corrected chi connectivity index (χ4v) is 4.61. The summed E-state index contributed by atoms with van der Waals surface area (Å²) in [6, 6.07) is 5.58. The minimum absolute atomic E-state index is 0.00509. The third-order valence-electron chi connectivity index (χ3n) is 6.24. The summed E-state index contributed by atoms with van der Waals surface area (Å²) in [6.07, 6.45) is 1.98. The first kappa shape index (κ1) is 19.7. The molecule has 3 aliphatic rings. The Labute approximate surface area is 170 Å². The number of rotatable bonds is 3. The van der Waals surface area contributed by atoms with Gasteiger partial charge in [-0.05, 0) is 43.9 Å². The zero-order valence-electron chi connectivity index (χ0n) is 16.8. The van der Waals surface area contributed by atoms with Gasteiger partial charge in [0.25, 0.3) is 5.91 Å². The first-order valence-corrected chi connectivity index (χ1v) is 10.4. The molecule has 156 valence electrons. The van der Waals surface area contributed by atoms with Gasteiger partial charge in [0.2, 0.25) is 5.91 Å². The Kier molecular flexibility index (Phi) is 5.45. The van der Waals surface area contributed by atoms with Gasteiger partial charge >= 0.3 is 6.09 Å². The lowest BCUT2D eigenvalue weighted by Gasteiger charge is -2.38. The molecule has 0 spiro atoms. The second-order valence-corrected chi connectivity index (χ2v) is 8.20. The Balaban J connectivity index is 1.43. The van der Waals surface area contributed by atoms with Gasteiger partial charge in [0.05, 0.1) is 6.54 Å². The Morgan fingerprint density at radius 1 is 1.07 bits per heavy atom. The number of carbonyl (C=O) groups excluding carboxylic acids is 2. The fourth-order valence-electron chi connectivity index (χ4n) is 4.61. The van der Waals surface area contributed by atoms with E-state index in [2.05, 4.69) is 0 Å². The molecule has 0 aliphatic carbocycles. The van der Waals surface area contributed by atoms with Crippen molar-refractivity contribution >= 4 is 23.6 Å². The molecule has 8 heteroatoms. The number of hydrogen-bond acceptors (Lipinski definition) is 4. The zero-order chi connectivity index (χ0) is 20.5. The molecule has 0 radical (unpaired) electrons.